The lowest BCUT2D eigenvalue weighted by molar-refractivity contribution is 0.341. The van der Waals surface area contributed by atoms with Crippen molar-refractivity contribution in [3.63, 3.8) is 0 Å². The summed E-state index contributed by atoms with van der Waals surface area (Å²) in [7, 11) is -1.67. The van der Waals surface area contributed by atoms with Gasteiger partial charge in [-0.25, -0.2) is 0 Å². The maximum Gasteiger partial charge on any atom is 0.160 e. The largest absolute Gasteiger partial charge is 0.361 e. The summed E-state index contributed by atoms with van der Waals surface area (Å²) >= 11 is 0. The predicted octanol–water partition coefficient (Wildman–Crippen LogP) is 0.859. The zero-order valence-corrected chi connectivity index (χ0v) is 8.04. The van der Waals surface area contributed by atoms with Gasteiger partial charge in [0.05, 0.1) is 19.2 Å². The second-order valence-corrected chi connectivity index (χ2v) is 6.89. The molecule has 2 N–H and O–H groups in total. The van der Waals surface area contributed by atoms with E-state index in [1.807, 2.05) is 37.0 Å². The van der Waals surface area contributed by atoms with Crippen LogP contribution in [0.4, 0.5) is 0 Å². The molecule has 1 rings (SSSR count). The maximum absolute atomic E-state index is 9.13. The molecule has 0 bridgehead atoms. The molecule has 1 aromatic carbocycles. The summed E-state index contributed by atoms with van der Waals surface area (Å²) in [6.07, 6.45) is 0.154. The molecule has 2 nitrogen and oxygen atoms in total. The van der Waals surface area contributed by atoms with E-state index in [-0.39, 0.29) is 12.7 Å². The monoisotopic (exact) mass is 185 g/mol. The molecule has 0 radical (unpaired) electrons. The lowest BCUT2D eigenvalue weighted by Crippen LogP contribution is -2.15. The van der Waals surface area contributed by atoms with Crippen molar-refractivity contribution in [2.75, 3.05) is 19.4 Å². The molecule has 0 aliphatic heterocycles. The molecular formula is C9H14O2P+. The summed E-state index contributed by atoms with van der Waals surface area (Å²) in [6, 6.07) is 9.71. The quantitative estimate of drug-likeness (QED) is 0.685. The highest BCUT2D eigenvalue weighted by atomic mass is 31.2. The molecule has 0 fully saturated rings. The third-order valence-corrected chi connectivity index (χ3v) is 4.80. The zero-order chi connectivity index (χ0) is 9.03. The molecule has 3 heteroatoms. The highest BCUT2D eigenvalue weighted by Gasteiger charge is 2.32. The maximum atomic E-state index is 9.13. The molecule has 0 aliphatic rings. The first kappa shape index (κ1) is 9.66. The third-order valence-electron chi connectivity index (χ3n) is 2.00. The van der Waals surface area contributed by atoms with E-state index in [2.05, 4.69) is 0 Å². The third kappa shape index (κ3) is 1.84. The van der Waals surface area contributed by atoms with E-state index in [0.717, 1.165) is 5.30 Å². The van der Waals surface area contributed by atoms with Crippen LogP contribution in [0.2, 0.25) is 0 Å². The van der Waals surface area contributed by atoms with Gasteiger partial charge in [-0.3, -0.25) is 0 Å². The number of aliphatic hydroxyl groups excluding tert-OH is 2. The summed E-state index contributed by atoms with van der Waals surface area (Å²) in [5, 5.41) is 19.3. The molecule has 0 aliphatic carbocycles. The van der Waals surface area contributed by atoms with Crippen molar-refractivity contribution in [1.82, 2.24) is 0 Å². The number of aliphatic hydroxyl groups is 2. The minimum Gasteiger partial charge on any atom is -0.361 e. The lowest BCUT2D eigenvalue weighted by atomic mass is 10.4. The Kier molecular flexibility index (Phi) is 3.21. The number of benzene rings is 1. The van der Waals surface area contributed by atoms with Gasteiger partial charge in [0.2, 0.25) is 0 Å². The van der Waals surface area contributed by atoms with Crippen LogP contribution in [0.25, 0.3) is 0 Å². The molecule has 12 heavy (non-hydrogen) atoms. The first-order chi connectivity index (χ1) is 5.73. The average molecular weight is 185 g/mol. The zero-order valence-electron chi connectivity index (χ0n) is 7.14. The molecule has 0 spiro atoms. The fourth-order valence-electron chi connectivity index (χ4n) is 0.996. The second kappa shape index (κ2) is 3.99. The highest BCUT2D eigenvalue weighted by Crippen LogP contribution is 2.51. The van der Waals surface area contributed by atoms with E-state index in [1.165, 1.54) is 0 Å². The topological polar surface area (TPSA) is 40.5 Å². The second-order valence-electron chi connectivity index (χ2n) is 3.01. The van der Waals surface area contributed by atoms with Gasteiger partial charge < -0.3 is 10.2 Å². The van der Waals surface area contributed by atoms with Crippen LogP contribution >= 0.6 is 7.26 Å². The van der Waals surface area contributed by atoms with E-state index in [1.54, 1.807) is 0 Å². The van der Waals surface area contributed by atoms with Crippen molar-refractivity contribution in [1.29, 1.82) is 0 Å². The van der Waals surface area contributed by atoms with E-state index >= 15 is 0 Å². The average Bonchev–Trinajstić information content (AvgIpc) is 2.18. The Bertz CT molecular complexity index is 232. The Labute approximate surface area is 73.2 Å². The fourth-order valence-corrected chi connectivity index (χ4v) is 2.30. The summed E-state index contributed by atoms with van der Waals surface area (Å²) < 4.78 is 0. The Morgan fingerprint density at radius 2 is 1.58 bits per heavy atom. The summed E-state index contributed by atoms with van der Waals surface area (Å²) in [4.78, 5) is 0. The Balaban J connectivity index is 2.95. The van der Waals surface area contributed by atoms with E-state index in [4.69, 9.17) is 10.2 Å². The fraction of sp³-hybridized carbons (Fsp3) is 0.333. The van der Waals surface area contributed by atoms with Gasteiger partial charge in [0.1, 0.15) is 0 Å². The summed E-state index contributed by atoms with van der Waals surface area (Å²) in [5.74, 6) is 0. The van der Waals surface area contributed by atoms with Gasteiger partial charge in [0, 0.05) is 0 Å². The van der Waals surface area contributed by atoms with Gasteiger partial charge in [0.25, 0.3) is 0 Å². The van der Waals surface area contributed by atoms with Crippen molar-refractivity contribution >= 4 is 12.6 Å². The predicted molar refractivity (Wildman–Crippen MR) is 53.1 cm³/mol. The van der Waals surface area contributed by atoms with Crippen LogP contribution < -0.4 is 5.30 Å². The van der Waals surface area contributed by atoms with Crippen molar-refractivity contribution in [3.05, 3.63) is 30.3 Å². The molecule has 0 heterocycles. The lowest BCUT2D eigenvalue weighted by Gasteiger charge is -2.16. The van der Waals surface area contributed by atoms with E-state index in [0.29, 0.717) is 0 Å². The molecule has 1 aromatic rings. The molecule has 0 atom stereocenters. The van der Waals surface area contributed by atoms with Gasteiger partial charge in [-0.05, 0) is 12.1 Å². The normalized spacial score (nSPS) is 11.6. The summed E-state index contributed by atoms with van der Waals surface area (Å²) in [6.45, 7) is 1.95. The molecule has 0 unspecified atom stereocenters. The molecular weight excluding hydrogens is 171 g/mol. The van der Waals surface area contributed by atoms with Crippen molar-refractivity contribution in [3.8, 4) is 0 Å². The number of hydrogen-bond acceptors (Lipinski definition) is 2. The molecule has 0 saturated heterocycles. The van der Waals surface area contributed by atoms with Crippen LogP contribution in [-0.4, -0.2) is 29.6 Å². The van der Waals surface area contributed by atoms with Crippen LogP contribution in [0.5, 0.6) is 0 Å². The number of rotatable bonds is 3. The van der Waals surface area contributed by atoms with Gasteiger partial charge in [0.15, 0.2) is 12.7 Å². The van der Waals surface area contributed by atoms with Gasteiger partial charge in [-0.2, -0.15) is 0 Å². The van der Waals surface area contributed by atoms with Gasteiger partial charge in [-0.15, -0.1) is 0 Å². The van der Waals surface area contributed by atoms with Gasteiger partial charge >= 0.3 is 0 Å². The Hall–Kier alpha value is -0.430. The van der Waals surface area contributed by atoms with E-state index in [9.17, 15) is 0 Å². The molecule has 66 valence electrons. The standard InChI is InChI=1S/C9H14O2P/c1-12(7-10,8-11)9-5-3-2-4-6-9/h2-6,10-11H,7-8H2,1H3/q+1. The van der Waals surface area contributed by atoms with Crippen molar-refractivity contribution < 1.29 is 10.2 Å². The Morgan fingerprint density at radius 3 is 2.00 bits per heavy atom. The highest BCUT2D eigenvalue weighted by molar-refractivity contribution is 7.81. The van der Waals surface area contributed by atoms with Crippen LogP contribution in [-0.2, 0) is 0 Å². The minimum absolute atomic E-state index is 0.0769. The van der Waals surface area contributed by atoms with Crippen LogP contribution in [0.3, 0.4) is 0 Å². The molecule has 0 aromatic heterocycles. The first-order valence-corrected chi connectivity index (χ1v) is 6.45. The minimum atomic E-state index is -1.67. The smallest absolute Gasteiger partial charge is 0.160 e. The molecule has 0 amide bonds. The number of hydrogen-bond donors (Lipinski definition) is 2. The molecule has 0 saturated carbocycles. The van der Waals surface area contributed by atoms with Crippen LogP contribution in [0.1, 0.15) is 0 Å². The Morgan fingerprint density at radius 1 is 1.08 bits per heavy atom. The van der Waals surface area contributed by atoms with Gasteiger partial charge in [-0.1, -0.05) is 18.2 Å². The van der Waals surface area contributed by atoms with Crippen molar-refractivity contribution in [2.45, 2.75) is 0 Å². The SMILES string of the molecule is C[P+](CO)(CO)c1ccccc1. The first-order valence-electron chi connectivity index (χ1n) is 3.85. The van der Waals surface area contributed by atoms with Crippen molar-refractivity contribution in [2.24, 2.45) is 0 Å². The van der Waals surface area contributed by atoms with Crippen LogP contribution in [0.15, 0.2) is 30.3 Å². The van der Waals surface area contributed by atoms with Crippen LogP contribution in [0, 0.1) is 0 Å². The summed E-state index contributed by atoms with van der Waals surface area (Å²) in [5.41, 5.74) is 0. The van der Waals surface area contributed by atoms with E-state index < -0.39 is 7.26 Å².